The van der Waals surface area contributed by atoms with Gasteiger partial charge in [0.2, 0.25) is 5.90 Å². The molecule has 0 unspecified atom stereocenters. The summed E-state index contributed by atoms with van der Waals surface area (Å²) in [6.07, 6.45) is 7.02. The van der Waals surface area contributed by atoms with Gasteiger partial charge in [0, 0.05) is 25.5 Å². The molecule has 86 valence electrons. The Morgan fingerprint density at radius 2 is 2.12 bits per heavy atom. The maximum Gasteiger partial charge on any atom is 0.241 e. The van der Waals surface area contributed by atoms with Crippen LogP contribution in [0.4, 0.5) is 5.69 Å². The second-order valence-electron chi connectivity index (χ2n) is 3.89. The van der Waals surface area contributed by atoms with Gasteiger partial charge in [-0.2, -0.15) is 5.90 Å². The van der Waals surface area contributed by atoms with E-state index in [0.29, 0.717) is 5.56 Å². The number of nitrogens with zero attached hydrogens (tertiary/aromatic N) is 2. The lowest BCUT2D eigenvalue weighted by Gasteiger charge is -2.30. The van der Waals surface area contributed by atoms with E-state index in [0.717, 1.165) is 18.8 Å². The average molecular weight is 220 g/mol. The zero-order chi connectivity index (χ0) is 11.4. The second kappa shape index (κ2) is 4.94. The third-order valence-corrected chi connectivity index (χ3v) is 2.86. The van der Waals surface area contributed by atoms with Crippen LogP contribution in [0.2, 0.25) is 0 Å². The molecule has 1 aliphatic heterocycles. The fourth-order valence-electron chi connectivity index (χ4n) is 2.04. The van der Waals surface area contributed by atoms with Gasteiger partial charge in [0.1, 0.15) is 0 Å². The zero-order valence-corrected chi connectivity index (χ0v) is 9.15. The van der Waals surface area contributed by atoms with E-state index in [1.54, 1.807) is 12.4 Å². The van der Waals surface area contributed by atoms with Crippen LogP contribution in [0, 0.1) is 5.41 Å². The van der Waals surface area contributed by atoms with E-state index in [1.165, 1.54) is 19.3 Å². The molecule has 1 fully saturated rings. The summed E-state index contributed by atoms with van der Waals surface area (Å²) in [5, 5.41) is 7.62. The molecule has 1 saturated heterocycles. The smallest absolute Gasteiger partial charge is 0.241 e. The first-order chi connectivity index (χ1) is 7.83. The van der Waals surface area contributed by atoms with Crippen molar-refractivity contribution < 1.29 is 4.84 Å². The van der Waals surface area contributed by atoms with Crippen molar-refractivity contribution in [2.24, 2.45) is 5.90 Å². The van der Waals surface area contributed by atoms with E-state index < -0.39 is 0 Å². The lowest BCUT2D eigenvalue weighted by atomic mass is 10.1. The topological polar surface area (TPSA) is 75.2 Å². The lowest BCUT2D eigenvalue weighted by Crippen LogP contribution is -2.31. The molecule has 0 aliphatic carbocycles. The molecule has 16 heavy (non-hydrogen) atoms. The van der Waals surface area contributed by atoms with Crippen LogP contribution in [0.1, 0.15) is 24.8 Å². The standard InChI is InChI=1S/C11H16N4O/c12-11(16-13)9-8-14-5-4-10(9)15-6-2-1-3-7-15/h4-5,8,12H,1-3,6-7,13H2. The number of nitrogens with two attached hydrogens (primary N) is 1. The predicted molar refractivity (Wildman–Crippen MR) is 62.4 cm³/mol. The summed E-state index contributed by atoms with van der Waals surface area (Å²) in [5.74, 6) is 5.00. The summed E-state index contributed by atoms with van der Waals surface area (Å²) in [4.78, 5) is 10.7. The third kappa shape index (κ3) is 2.14. The van der Waals surface area contributed by atoms with Crippen molar-refractivity contribution in [2.75, 3.05) is 18.0 Å². The molecule has 0 aromatic carbocycles. The van der Waals surface area contributed by atoms with Crippen LogP contribution in [-0.4, -0.2) is 24.0 Å². The van der Waals surface area contributed by atoms with Gasteiger partial charge in [-0.25, -0.2) is 0 Å². The van der Waals surface area contributed by atoms with Crippen LogP contribution in [0.5, 0.6) is 0 Å². The molecule has 5 heteroatoms. The number of rotatable bonds is 2. The number of hydrogen-bond acceptors (Lipinski definition) is 5. The van der Waals surface area contributed by atoms with Gasteiger partial charge < -0.3 is 9.74 Å². The van der Waals surface area contributed by atoms with Gasteiger partial charge in [-0.05, 0) is 25.3 Å². The van der Waals surface area contributed by atoms with Gasteiger partial charge in [0.25, 0.3) is 0 Å². The Morgan fingerprint density at radius 1 is 1.38 bits per heavy atom. The summed E-state index contributed by atoms with van der Waals surface area (Å²) in [7, 11) is 0. The van der Waals surface area contributed by atoms with Gasteiger partial charge in [0.05, 0.1) is 11.3 Å². The molecule has 2 heterocycles. The number of piperidine rings is 1. The molecule has 0 saturated carbocycles. The van der Waals surface area contributed by atoms with E-state index in [1.807, 2.05) is 6.07 Å². The van der Waals surface area contributed by atoms with E-state index in [-0.39, 0.29) is 5.90 Å². The summed E-state index contributed by atoms with van der Waals surface area (Å²) in [6, 6.07) is 1.91. The highest BCUT2D eigenvalue weighted by Gasteiger charge is 2.17. The monoisotopic (exact) mass is 220 g/mol. The minimum Gasteiger partial charge on any atom is -0.391 e. The Labute approximate surface area is 94.7 Å². The molecule has 0 amide bonds. The minimum atomic E-state index is -0.0336. The highest BCUT2D eigenvalue weighted by atomic mass is 16.6. The number of nitrogens with one attached hydrogen (secondary N) is 1. The van der Waals surface area contributed by atoms with Gasteiger partial charge in [-0.15, -0.1) is 0 Å². The maximum atomic E-state index is 7.62. The molecule has 2 rings (SSSR count). The van der Waals surface area contributed by atoms with Crippen LogP contribution in [0.25, 0.3) is 0 Å². The van der Waals surface area contributed by atoms with Crippen molar-refractivity contribution in [1.82, 2.24) is 4.98 Å². The number of anilines is 1. The van der Waals surface area contributed by atoms with E-state index in [2.05, 4.69) is 14.7 Å². The molecule has 0 atom stereocenters. The largest absolute Gasteiger partial charge is 0.391 e. The van der Waals surface area contributed by atoms with Crippen molar-refractivity contribution in [3.8, 4) is 0 Å². The zero-order valence-electron chi connectivity index (χ0n) is 9.15. The molecular formula is C11H16N4O. The van der Waals surface area contributed by atoms with Crippen molar-refractivity contribution in [2.45, 2.75) is 19.3 Å². The van der Waals surface area contributed by atoms with Crippen LogP contribution >= 0.6 is 0 Å². The highest BCUT2D eigenvalue weighted by molar-refractivity contribution is 5.97. The molecule has 0 bridgehead atoms. The number of aromatic nitrogens is 1. The van der Waals surface area contributed by atoms with Gasteiger partial charge in [0.15, 0.2) is 0 Å². The van der Waals surface area contributed by atoms with Crippen molar-refractivity contribution >= 4 is 11.6 Å². The van der Waals surface area contributed by atoms with Crippen molar-refractivity contribution in [3.05, 3.63) is 24.0 Å². The third-order valence-electron chi connectivity index (χ3n) is 2.86. The number of hydrogen-bond donors (Lipinski definition) is 2. The van der Waals surface area contributed by atoms with E-state index in [4.69, 9.17) is 11.3 Å². The van der Waals surface area contributed by atoms with Gasteiger partial charge in [-0.3, -0.25) is 10.4 Å². The first-order valence-electron chi connectivity index (χ1n) is 5.47. The fraction of sp³-hybridized carbons (Fsp3) is 0.455. The normalized spacial score (nSPS) is 15.9. The maximum absolute atomic E-state index is 7.62. The van der Waals surface area contributed by atoms with Gasteiger partial charge in [-0.1, -0.05) is 0 Å². The molecule has 1 aromatic heterocycles. The van der Waals surface area contributed by atoms with E-state index in [9.17, 15) is 0 Å². The lowest BCUT2D eigenvalue weighted by molar-refractivity contribution is 0.319. The summed E-state index contributed by atoms with van der Waals surface area (Å²) < 4.78 is 0. The predicted octanol–water partition coefficient (Wildman–Crippen LogP) is 1.29. The first kappa shape index (κ1) is 10.9. The SMILES string of the molecule is N=C(ON)c1cnccc1N1CCCCC1. The summed E-state index contributed by atoms with van der Waals surface area (Å²) >= 11 is 0. The van der Waals surface area contributed by atoms with Crippen LogP contribution in [0.3, 0.4) is 0 Å². The molecule has 5 nitrogen and oxygen atoms in total. The molecular weight excluding hydrogens is 204 g/mol. The summed E-state index contributed by atoms with van der Waals surface area (Å²) in [5.41, 5.74) is 1.65. The first-order valence-corrected chi connectivity index (χ1v) is 5.47. The Morgan fingerprint density at radius 3 is 2.81 bits per heavy atom. The van der Waals surface area contributed by atoms with Crippen LogP contribution in [-0.2, 0) is 4.84 Å². The van der Waals surface area contributed by atoms with Crippen LogP contribution in [0.15, 0.2) is 18.5 Å². The Hall–Kier alpha value is -1.62. The molecule has 1 aliphatic rings. The fourth-order valence-corrected chi connectivity index (χ4v) is 2.04. The molecule has 3 N–H and O–H groups in total. The Balaban J connectivity index is 2.28. The van der Waals surface area contributed by atoms with Gasteiger partial charge >= 0.3 is 0 Å². The molecule has 0 spiro atoms. The average Bonchev–Trinajstić information content (AvgIpc) is 2.39. The summed E-state index contributed by atoms with van der Waals surface area (Å²) in [6.45, 7) is 2.05. The van der Waals surface area contributed by atoms with E-state index >= 15 is 0 Å². The molecule has 1 aromatic rings. The Bertz CT molecular complexity index is 374. The minimum absolute atomic E-state index is 0.0336. The number of pyridine rings is 1. The second-order valence-corrected chi connectivity index (χ2v) is 3.89. The van der Waals surface area contributed by atoms with Crippen molar-refractivity contribution in [3.63, 3.8) is 0 Å². The van der Waals surface area contributed by atoms with Crippen molar-refractivity contribution in [1.29, 1.82) is 5.41 Å². The quantitative estimate of drug-likeness (QED) is 0.447. The van der Waals surface area contributed by atoms with Crippen LogP contribution < -0.4 is 10.8 Å². The highest BCUT2D eigenvalue weighted by Crippen LogP contribution is 2.23. The molecule has 0 radical (unpaired) electrons. The Kier molecular flexibility index (Phi) is 3.36.